The smallest absolute Gasteiger partial charge is 0.265 e. The summed E-state index contributed by atoms with van der Waals surface area (Å²) in [5.41, 5.74) is -0.192. The van der Waals surface area contributed by atoms with E-state index in [9.17, 15) is 13.2 Å². The van der Waals surface area contributed by atoms with Crippen LogP contribution in [0.1, 0.15) is 30.4 Å². The number of halogens is 1. The number of hydrogen-bond acceptors (Lipinski definition) is 4. The highest BCUT2D eigenvalue weighted by molar-refractivity contribution is 7.89. The maximum Gasteiger partial charge on any atom is 0.265 e. The third kappa shape index (κ3) is 5.04. The van der Waals surface area contributed by atoms with Crippen molar-refractivity contribution in [1.82, 2.24) is 4.72 Å². The van der Waals surface area contributed by atoms with Crippen molar-refractivity contribution in [2.45, 2.75) is 31.2 Å². The molecular weight excluding hydrogens is 356 g/mol. The van der Waals surface area contributed by atoms with E-state index in [0.717, 1.165) is 11.3 Å². The Morgan fingerprint density at radius 2 is 1.87 bits per heavy atom. The molecule has 2 rings (SSSR count). The SMILES string of the molecule is CC(C)(C)NS(=O)(=O)c1cccc(NC(=O)c2ccc(Cl)s2)c1. The molecule has 0 aliphatic rings. The van der Waals surface area contributed by atoms with E-state index >= 15 is 0 Å². The lowest BCUT2D eigenvalue weighted by Crippen LogP contribution is -2.40. The molecule has 0 spiro atoms. The molecule has 0 unspecified atom stereocenters. The normalized spacial score (nSPS) is 12.2. The molecule has 2 aromatic rings. The molecule has 0 saturated heterocycles. The van der Waals surface area contributed by atoms with E-state index < -0.39 is 15.6 Å². The zero-order valence-corrected chi connectivity index (χ0v) is 15.3. The summed E-state index contributed by atoms with van der Waals surface area (Å²) in [6, 6.07) is 9.35. The number of carbonyl (C=O) groups excluding carboxylic acids is 1. The highest BCUT2D eigenvalue weighted by Crippen LogP contribution is 2.23. The molecule has 0 aliphatic carbocycles. The molecule has 23 heavy (non-hydrogen) atoms. The number of anilines is 1. The zero-order valence-electron chi connectivity index (χ0n) is 12.9. The molecule has 2 N–H and O–H groups in total. The van der Waals surface area contributed by atoms with Crippen LogP contribution >= 0.6 is 22.9 Å². The van der Waals surface area contributed by atoms with Gasteiger partial charge in [-0.2, -0.15) is 0 Å². The first kappa shape index (κ1) is 17.9. The molecule has 1 aromatic carbocycles. The predicted octanol–water partition coefficient (Wildman–Crippen LogP) is 3.73. The van der Waals surface area contributed by atoms with Gasteiger partial charge in [0.25, 0.3) is 5.91 Å². The molecule has 1 amide bonds. The van der Waals surface area contributed by atoms with Gasteiger partial charge in [-0.3, -0.25) is 4.79 Å². The molecule has 0 fully saturated rings. The molecule has 0 radical (unpaired) electrons. The number of benzene rings is 1. The number of rotatable bonds is 4. The van der Waals surface area contributed by atoms with Crippen LogP contribution in [0.4, 0.5) is 5.69 Å². The van der Waals surface area contributed by atoms with Crippen molar-refractivity contribution in [2.24, 2.45) is 0 Å². The molecule has 5 nitrogen and oxygen atoms in total. The summed E-state index contributed by atoms with van der Waals surface area (Å²) in [4.78, 5) is 12.6. The van der Waals surface area contributed by atoms with E-state index in [4.69, 9.17) is 11.6 Å². The Bertz CT molecular complexity index is 823. The fraction of sp³-hybridized carbons (Fsp3) is 0.267. The van der Waals surface area contributed by atoms with E-state index in [-0.39, 0.29) is 10.8 Å². The van der Waals surface area contributed by atoms with E-state index in [1.54, 1.807) is 45.0 Å². The van der Waals surface area contributed by atoms with Crippen molar-refractivity contribution in [3.05, 3.63) is 45.6 Å². The van der Waals surface area contributed by atoms with Gasteiger partial charge in [0.1, 0.15) is 0 Å². The highest BCUT2D eigenvalue weighted by Gasteiger charge is 2.22. The van der Waals surface area contributed by atoms with Crippen molar-refractivity contribution in [3.63, 3.8) is 0 Å². The van der Waals surface area contributed by atoms with Gasteiger partial charge in [0.05, 0.1) is 14.1 Å². The zero-order chi connectivity index (χ0) is 17.3. The maximum atomic E-state index is 12.3. The van der Waals surface area contributed by atoms with Gasteiger partial charge in [0.15, 0.2) is 0 Å². The predicted molar refractivity (Wildman–Crippen MR) is 93.8 cm³/mol. The third-order valence-electron chi connectivity index (χ3n) is 2.64. The van der Waals surface area contributed by atoms with Crippen molar-refractivity contribution in [2.75, 3.05) is 5.32 Å². The minimum Gasteiger partial charge on any atom is -0.321 e. The van der Waals surface area contributed by atoms with Crippen LogP contribution in [0, 0.1) is 0 Å². The van der Waals surface area contributed by atoms with E-state index in [1.165, 1.54) is 12.1 Å². The number of hydrogen-bond donors (Lipinski definition) is 2. The maximum absolute atomic E-state index is 12.3. The van der Waals surface area contributed by atoms with Crippen molar-refractivity contribution < 1.29 is 13.2 Å². The van der Waals surface area contributed by atoms with Gasteiger partial charge >= 0.3 is 0 Å². The highest BCUT2D eigenvalue weighted by atomic mass is 35.5. The van der Waals surface area contributed by atoms with Crippen LogP contribution in [0.2, 0.25) is 4.34 Å². The number of nitrogens with one attached hydrogen (secondary N) is 2. The van der Waals surface area contributed by atoms with Crippen LogP contribution in [-0.4, -0.2) is 19.9 Å². The van der Waals surface area contributed by atoms with Crippen LogP contribution in [0.25, 0.3) is 0 Å². The molecule has 0 aliphatic heterocycles. The van der Waals surface area contributed by atoms with Gasteiger partial charge in [-0.25, -0.2) is 13.1 Å². The second kappa shape index (κ2) is 6.60. The van der Waals surface area contributed by atoms with E-state index in [1.807, 2.05) is 0 Å². The number of carbonyl (C=O) groups is 1. The summed E-state index contributed by atoms with van der Waals surface area (Å²) in [5.74, 6) is -0.333. The van der Waals surface area contributed by atoms with Gasteiger partial charge in [-0.1, -0.05) is 17.7 Å². The topological polar surface area (TPSA) is 75.3 Å². The Labute approximate surface area is 144 Å². The lowest BCUT2D eigenvalue weighted by Gasteiger charge is -2.20. The number of sulfonamides is 1. The summed E-state index contributed by atoms with van der Waals surface area (Å²) < 4.78 is 27.7. The van der Waals surface area contributed by atoms with Gasteiger partial charge in [0.2, 0.25) is 10.0 Å². The third-order valence-corrected chi connectivity index (χ3v) is 5.63. The molecule has 0 atom stereocenters. The summed E-state index contributed by atoms with van der Waals surface area (Å²) in [5, 5.41) is 2.67. The first-order valence-corrected chi connectivity index (χ1v) is 9.45. The lowest BCUT2D eigenvalue weighted by atomic mass is 10.1. The Kier molecular flexibility index (Phi) is 5.15. The van der Waals surface area contributed by atoms with Crippen LogP contribution in [0.15, 0.2) is 41.3 Å². The standard InChI is InChI=1S/C15H17ClN2O3S2/c1-15(2,3)18-23(20,21)11-6-4-5-10(9-11)17-14(19)12-7-8-13(16)22-12/h4-9,18H,1-3H3,(H,17,19). The van der Waals surface area contributed by atoms with Gasteiger partial charge in [-0.15, -0.1) is 11.3 Å². The van der Waals surface area contributed by atoms with Crippen molar-refractivity contribution >= 4 is 44.6 Å². The second-order valence-corrected chi connectivity index (χ2v) is 9.34. The van der Waals surface area contributed by atoms with Gasteiger partial charge in [-0.05, 0) is 51.1 Å². The fourth-order valence-electron chi connectivity index (χ4n) is 1.83. The Balaban J connectivity index is 2.22. The molecule has 0 bridgehead atoms. The minimum absolute atomic E-state index is 0.0921. The van der Waals surface area contributed by atoms with Gasteiger partial charge < -0.3 is 5.32 Å². The van der Waals surface area contributed by atoms with E-state index in [2.05, 4.69) is 10.0 Å². The molecular formula is C15H17ClN2O3S2. The largest absolute Gasteiger partial charge is 0.321 e. The number of amides is 1. The first-order chi connectivity index (χ1) is 10.6. The second-order valence-electron chi connectivity index (χ2n) is 5.94. The Morgan fingerprint density at radius 3 is 2.43 bits per heavy atom. The molecule has 124 valence electrons. The summed E-state index contributed by atoms with van der Waals surface area (Å²) in [7, 11) is -3.66. The lowest BCUT2D eigenvalue weighted by molar-refractivity contribution is 0.103. The average Bonchev–Trinajstić information content (AvgIpc) is 2.83. The molecule has 8 heteroatoms. The quantitative estimate of drug-likeness (QED) is 0.858. The van der Waals surface area contributed by atoms with Crippen LogP contribution in [0.3, 0.4) is 0 Å². The molecule has 1 heterocycles. The van der Waals surface area contributed by atoms with E-state index in [0.29, 0.717) is 14.9 Å². The van der Waals surface area contributed by atoms with Crippen molar-refractivity contribution in [1.29, 1.82) is 0 Å². The molecule has 1 aromatic heterocycles. The Hall–Kier alpha value is -1.41. The minimum atomic E-state index is -3.66. The summed E-state index contributed by atoms with van der Waals surface area (Å²) >= 11 is 6.96. The number of thiophene rings is 1. The molecule has 0 saturated carbocycles. The fourth-order valence-corrected chi connectivity index (χ4v) is 4.23. The average molecular weight is 373 g/mol. The van der Waals surface area contributed by atoms with Crippen LogP contribution in [0.5, 0.6) is 0 Å². The first-order valence-electron chi connectivity index (χ1n) is 6.77. The van der Waals surface area contributed by atoms with Crippen LogP contribution in [-0.2, 0) is 10.0 Å². The Morgan fingerprint density at radius 1 is 1.17 bits per heavy atom. The van der Waals surface area contributed by atoms with Crippen LogP contribution < -0.4 is 10.0 Å². The van der Waals surface area contributed by atoms with Gasteiger partial charge in [0, 0.05) is 11.2 Å². The van der Waals surface area contributed by atoms with Crippen molar-refractivity contribution in [3.8, 4) is 0 Å². The monoisotopic (exact) mass is 372 g/mol. The summed E-state index contributed by atoms with van der Waals surface area (Å²) in [6.45, 7) is 5.28. The summed E-state index contributed by atoms with van der Waals surface area (Å²) in [6.07, 6.45) is 0.